The highest BCUT2D eigenvalue weighted by molar-refractivity contribution is 7.99. The Balaban J connectivity index is 1.86. The molecule has 1 N–H and O–H groups in total. The molecule has 2 aromatic carbocycles. The van der Waals surface area contributed by atoms with Crippen LogP contribution in [0.3, 0.4) is 0 Å². The number of nitrogens with one attached hydrogen (secondary N) is 1. The van der Waals surface area contributed by atoms with Crippen molar-refractivity contribution >= 4 is 22.8 Å². The summed E-state index contributed by atoms with van der Waals surface area (Å²) in [6, 6.07) is 13.4. The molecule has 0 radical (unpaired) electrons. The average molecular weight is 270 g/mol. The van der Waals surface area contributed by atoms with Crippen molar-refractivity contribution in [2.75, 3.05) is 5.75 Å². The molecular formula is C15H11FN2S. The Morgan fingerprint density at radius 2 is 2.05 bits per heavy atom. The minimum absolute atomic E-state index is 0.230. The van der Waals surface area contributed by atoms with Crippen molar-refractivity contribution in [2.24, 2.45) is 0 Å². The third-order valence-corrected chi connectivity index (χ3v) is 4.69. The first kappa shape index (κ1) is 11.1. The Kier molecular flexibility index (Phi) is 2.38. The molecule has 94 valence electrons. The number of aromatic amines is 1. The molecule has 1 aromatic heterocycles. The lowest BCUT2D eigenvalue weighted by molar-refractivity contribution is 0.637. The average Bonchev–Trinajstić information content (AvgIpc) is 3.02. The van der Waals surface area contributed by atoms with Crippen molar-refractivity contribution in [3.05, 3.63) is 59.7 Å². The highest BCUT2D eigenvalue weighted by Crippen LogP contribution is 2.42. The molecule has 3 aromatic rings. The fourth-order valence-electron chi connectivity index (χ4n) is 2.57. The van der Waals surface area contributed by atoms with Crippen LogP contribution in [-0.4, -0.2) is 15.7 Å². The third kappa shape index (κ3) is 1.67. The van der Waals surface area contributed by atoms with Gasteiger partial charge in [0.05, 0.1) is 11.4 Å². The van der Waals surface area contributed by atoms with E-state index in [9.17, 15) is 4.39 Å². The lowest BCUT2D eigenvalue weighted by Gasteiger charge is -2.06. The predicted octanol–water partition coefficient (Wildman–Crippen LogP) is 3.94. The van der Waals surface area contributed by atoms with Crippen LogP contribution in [0.5, 0.6) is 0 Å². The van der Waals surface area contributed by atoms with Gasteiger partial charge in [0.25, 0.3) is 0 Å². The standard InChI is InChI=1S/C15H11FN2S/c16-11-5-3-6-12-14(11)18-15(17-12)10-8-19-13-7-2-1-4-9(10)13/h1-7,10H,8H2,(H,17,18). The van der Waals surface area contributed by atoms with Gasteiger partial charge in [0.2, 0.25) is 0 Å². The molecule has 0 saturated carbocycles. The van der Waals surface area contributed by atoms with Crippen molar-refractivity contribution in [1.82, 2.24) is 9.97 Å². The molecule has 1 atom stereocenters. The van der Waals surface area contributed by atoms with E-state index in [0.717, 1.165) is 17.1 Å². The lowest BCUT2D eigenvalue weighted by Crippen LogP contribution is -2.01. The molecule has 4 heteroatoms. The molecule has 0 bridgehead atoms. The number of para-hydroxylation sites is 1. The zero-order valence-electron chi connectivity index (χ0n) is 10.1. The Hall–Kier alpha value is -1.81. The predicted molar refractivity (Wildman–Crippen MR) is 75.1 cm³/mol. The monoisotopic (exact) mass is 270 g/mol. The number of hydrogen-bond donors (Lipinski definition) is 1. The number of H-pyrrole nitrogens is 1. The summed E-state index contributed by atoms with van der Waals surface area (Å²) in [5.74, 6) is 1.78. The quantitative estimate of drug-likeness (QED) is 0.725. The van der Waals surface area contributed by atoms with Crippen molar-refractivity contribution in [1.29, 1.82) is 0 Å². The molecule has 19 heavy (non-hydrogen) atoms. The largest absolute Gasteiger partial charge is 0.341 e. The summed E-state index contributed by atoms with van der Waals surface area (Å²) in [6.07, 6.45) is 0. The smallest absolute Gasteiger partial charge is 0.151 e. The first-order valence-electron chi connectivity index (χ1n) is 6.19. The highest BCUT2D eigenvalue weighted by Gasteiger charge is 2.27. The summed E-state index contributed by atoms with van der Waals surface area (Å²) >= 11 is 1.83. The van der Waals surface area contributed by atoms with Crippen LogP contribution in [0.4, 0.5) is 4.39 Å². The first-order chi connectivity index (χ1) is 9.33. The van der Waals surface area contributed by atoms with Gasteiger partial charge in [-0.2, -0.15) is 0 Å². The van der Waals surface area contributed by atoms with E-state index >= 15 is 0 Å². The molecule has 0 fully saturated rings. The summed E-state index contributed by atoms with van der Waals surface area (Å²) < 4.78 is 13.7. The lowest BCUT2D eigenvalue weighted by atomic mass is 10.0. The zero-order valence-corrected chi connectivity index (χ0v) is 10.9. The van der Waals surface area contributed by atoms with Gasteiger partial charge in [-0.15, -0.1) is 11.8 Å². The molecule has 4 rings (SSSR count). The maximum Gasteiger partial charge on any atom is 0.151 e. The minimum Gasteiger partial charge on any atom is -0.341 e. The summed E-state index contributed by atoms with van der Waals surface area (Å²) in [7, 11) is 0. The fraction of sp³-hybridized carbons (Fsp3) is 0.133. The van der Waals surface area contributed by atoms with Crippen LogP contribution < -0.4 is 0 Å². The Bertz CT molecular complexity index is 766. The van der Waals surface area contributed by atoms with Gasteiger partial charge in [-0.05, 0) is 23.8 Å². The summed E-state index contributed by atoms with van der Waals surface area (Å²) in [4.78, 5) is 9.00. The van der Waals surface area contributed by atoms with Gasteiger partial charge in [-0.25, -0.2) is 9.37 Å². The topological polar surface area (TPSA) is 28.7 Å². The molecule has 2 nitrogen and oxygen atoms in total. The first-order valence-corrected chi connectivity index (χ1v) is 7.17. The van der Waals surface area contributed by atoms with E-state index in [1.807, 2.05) is 30.0 Å². The molecule has 1 aliphatic rings. The maximum atomic E-state index is 13.7. The van der Waals surface area contributed by atoms with Gasteiger partial charge in [-0.3, -0.25) is 0 Å². The van der Waals surface area contributed by atoms with E-state index < -0.39 is 0 Å². The number of nitrogens with zero attached hydrogens (tertiary/aromatic N) is 1. The number of rotatable bonds is 1. The van der Waals surface area contributed by atoms with Gasteiger partial charge in [0, 0.05) is 10.6 Å². The van der Waals surface area contributed by atoms with E-state index in [0.29, 0.717) is 5.52 Å². The Morgan fingerprint density at radius 3 is 2.95 bits per heavy atom. The number of halogens is 1. The number of aromatic nitrogens is 2. The van der Waals surface area contributed by atoms with Crippen molar-refractivity contribution in [3.63, 3.8) is 0 Å². The second-order valence-corrected chi connectivity index (χ2v) is 5.72. The van der Waals surface area contributed by atoms with Crippen molar-refractivity contribution in [3.8, 4) is 0 Å². The molecular weight excluding hydrogens is 259 g/mol. The molecule has 0 aliphatic carbocycles. The van der Waals surface area contributed by atoms with E-state index in [-0.39, 0.29) is 11.7 Å². The number of benzene rings is 2. The van der Waals surface area contributed by atoms with E-state index in [4.69, 9.17) is 0 Å². The summed E-state index contributed by atoms with van der Waals surface area (Å²) in [6.45, 7) is 0. The second kappa shape index (κ2) is 4.10. The Morgan fingerprint density at radius 1 is 1.16 bits per heavy atom. The van der Waals surface area contributed by atoms with E-state index in [1.165, 1.54) is 16.5 Å². The molecule has 0 amide bonds. The van der Waals surface area contributed by atoms with Crippen LogP contribution in [0.15, 0.2) is 47.4 Å². The number of hydrogen-bond acceptors (Lipinski definition) is 2. The molecule has 1 aliphatic heterocycles. The number of fused-ring (bicyclic) bond motifs is 2. The maximum absolute atomic E-state index is 13.7. The second-order valence-electron chi connectivity index (χ2n) is 4.66. The van der Waals surface area contributed by atoms with E-state index in [1.54, 1.807) is 6.07 Å². The summed E-state index contributed by atoms with van der Waals surface area (Å²) in [5, 5.41) is 0. The third-order valence-electron chi connectivity index (χ3n) is 3.51. The number of thioether (sulfide) groups is 1. The van der Waals surface area contributed by atoms with Crippen LogP contribution in [0.2, 0.25) is 0 Å². The van der Waals surface area contributed by atoms with Gasteiger partial charge in [-0.1, -0.05) is 24.3 Å². The van der Waals surface area contributed by atoms with Crippen LogP contribution in [0.1, 0.15) is 17.3 Å². The van der Waals surface area contributed by atoms with Crippen LogP contribution in [0, 0.1) is 5.82 Å². The molecule has 0 spiro atoms. The normalized spacial score (nSPS) is 17.8. The van der Waals surface area contributed by atoms with Gasteiger partial charge in [0.15, 0.2) is 5.82 Å². The van der Waals surface area contributed by atoms with Gasteiger partial charge < -0.3 is 4.98 Å². The number of imidazole rings is 1. The molecule has 0 saturated heterocycles. The fourth-order valence-corrected chi connectivity index (χ4v) is 3.81. The van der Waals surface area contributed by atoms with E-state index in [2.05, 4.69) is 22.1 Å². The minimum atomic E-state index is -0.265. The SMILES string of the molecule is Fc1cccc2[nH]c(C3CSc4ccccc43)nc12. The Labute approximate surface area is 114 Å². The summed E-state index contributed by atoms with van der Waals surface area (Å²) in [5.41, 5.74) is 2.49. The highest BCUT2D eigenvalue weighted by atomic mass is 32.2. The van der Waals surface area contributed by atoms with Crippen molar-refractivity contribution < 1.29 is 4.39 Å². The van der Waals surface area contributed by atoms with Crippen LogP contribution in [0.25, 0.3) is 11.0 Å². The zero-order chi connectivity index (χ0) is 12.8. The molecule has 2 heterocycles. The molecule has 1 unspecified atom stereocenters. The van der Waals surface area contributed by atoms with Gasteiger partial charge >= 0.3 is 0 Å². The van der Waals surface area contributed by atoms with Gasteiger partial charge in [0.1, 0.15) is 11.3 Å². The van der Waals surface area contributed by atoms with Crippen molar-refractivity contribution in [2.45, 2.75) is 10.8 Å². The van der Waals surface area contributed by atoms with Crippen LogP contribution in [-0.2, 0) is 0 Å². The van der Waals surface area contributed by atoms with Crippen LogP contribution >= 0.6 is 11.8 Å².